The first-order valence-electron chi connectivity index (χ1n) is 11.6. The van der Waals surface area contributed by atoms with E-state index in [4.69, 9.17) is 9.47 Å². The van der Waals surface area contributed by atoms with Crippen molar-refractivity contribution in [3.05, 3.63) is 60.7 Å². The number of carbonyl (C=O) groups excluding carboxylic acids is 2. The van der Waals surface area contributed by atoms with Crippen molar-refractivity contribution in [2.24, 2.45) is 0 Å². The number of carbonyl (C=O) groups is 2. The standard InChI is InChI=1S/C26H36N2O4/c1-3-23(31-21-15-9-7-10-16-21)25(29)27-19-13-5-6-14-20-28-26(30)24(4-2)32-22-17-11-8-12-18-22/h7-12,15-18,23-24H,3-6,13-14,19-20H2,1-2H3,(H,27,29)(H,28,30)/t23-,24-/m0/s1. The van der Waals surface area contributed by atoms with E-state index in [9.17, 15) is 9.59 Å². The third-order valence-corrected chi connectivity index (χ3v) is 5.07. The van der Waals surface area contributed by atoms with Gasteiger partial charge in [0.2, 0.25) is 0 Å². The molecule has 2 rings (SSSR count). The maximum absolute atomic E-state index is 12.3. The van der Waals surface area contributed by atoms with Gasteiger partial charge in [0.1, 0.15) is 11.5 Å². The number of hydrogen-bond acceptors (Lipinski definition) is 4. The molecule has 0 fully saturated rings. The van der Waals surface area contributed by atoms with Gasteiger partial charge in [0.15, 0.2) is 12.2 Å². The van der Waals surface area contributed by atoms with E-state index in [2.05, 4.69) is 10.6 Å². The molecule has 2 N–H and O–H groups in total. The van der Waals surface area contributed by atoms with Crippen LogP contribution in [0.25, 0.3) is 0 Å². The molecular formula is C26H36N2O4. The van der Waals surface area contributed by atoms with Gasteiger partial charge < -0.3 is 20.1 Å². The maximum atomic E-state index is 12.3. The third-order valence-electron chi connectivity index (χ3n) is 5.07. The monoisotopic (exact) mass is 440 g/mol. The lowest BCUT2D eigenvalue weighted by Gasteiger charge is -2.17. The van der Waals surface area contributed by atoms with Gasteiger partial charge in [-0.25, -0.2) is 0 Å². The Morgan fingerprint density at radius 2 is 1.03 bits per heavy atom. The zero-order chi connectivity index (χ0) is 23.0. The molecule has 2 amide bonds. The Morgan fingerprint density at radius 1 is 0.656 bits per heavy atom. The lowest BCUT2D eigenvalue weighted by Crippen LogP contribution is -2.38. The Morgan fingerprint density at radius 3 is 1.38 bits per heavy atom. The summed E-state index contributed by atoms with van der Waals surface area (Å²) >= 11 is 0. The van der Waals surface area contributed by atoms with E-state index in [1.54, 1.807) is 0 Å². The predicted octanol–water partition coefficient (Wildman–Crippen LogP) is 4.49. The number of unbranched alkanes of at least 4 members (excludes halogenated alkanes) is 3. The van der Waals surface area contributed by atoms with Gasteiger partial charge in [-0.3, -0.25) is 9.59 Å². The fraction of sp³-hybridized carbons (Fsp3) is 0.462. The smallest absolute Gasteiger partial charge is 0.261 e. The minimum atomic E-state index is -0.475. The van der Waals surface area contributed by atoms with E-state index >= 15 is 0 Å². The van der Waals surface area contributed by atoms with Crippen LogP contribution < -0.4 is 20.1 Å². The van der Waals surface area contributed by atoms with Crippen LogP contribution in [0.1, 0.15) is 52.4 Å². The number of ether oxygens (including phenoxy) is 2. The molecular weight excluding hydrogens is 404 g/mol. The van der Waals surface area contributed by atoms with Crippen molar-refractivity contribution in [3.63, 3.8) is 0 Å². The average Bonchev–Trinajstić information content (AvgIpc) is 2.83. The number of amides is 2. The van der Waals surface area contributed by atoms with E-state index in [1.165, 1.54) is 0 Å². The molecule has 0 aliphatic rings. The number of benzene rings is 2. The van der Waals surface area contributed by atoms with Crippen molar-refractivity contribution in [2.75, 3.05) is 13.1 Å². The minimum absolute atomic E-state index is 0.0763. The Labute approximate surface area is 191 Å². The molecule has 0 saturated carbocycles. The summed E-state index contributed by atoms with van der Waals surface area (Å²) in [6.45, 7) is 5.14. The molecule has 2 aromatic rings. The van der Waals surface area contributed by atoms with Crippen LogP contribution in [0, 0.1) is 0 Å². The van der Waals surface area contributed by atoms with Crippen molar-refractivity contribution < 1.29 is 19.1 Å². The molecule has 0 radical (unpaired) electrons. The van der Waals surface area contributed by atoms with E-state index in [0.29, 0.717) is 37.4 Å². The molecule has 6 nitrogen and oxygen atoms in total. The molecule has 0 bridgehead atoms. The first-order valence-corrected chi connectivity index (χ1v) is 11.6. The van der Waals surface area contributed by atoms with Gasteiger partial charge in [0.05, 0.1) is 0 Å². The van der Waals surface area contributed by atoms with E-state index in [0.717, 1.165) is 25.7 Å². The van der Waals surface area contributed by atoms with Gasteiger partial charge in [-0.05, 0) is 49.9 Å². The summed E-state index contributed by atoms with van der Waals surface area (Å²) in [4.78, 5) is 24.6. The topological polar surface area (TPSA) is 76.7 Å². The van der Waals surface area contributed by atoms with E-state index < -0.39 is 12.2 Å². The van der Waals surface area contributed by atoms with Crippen LogP contribution in [-0.2, 0) is 9.59 Å². The number of hydrogen-bond donors (Lipinski definition) is 2. The molecule has 2 atom stereocenters. The van der Waals surface area contributed by atoms with Crippen molar-refractivity contribution in [3.8, 4) is 11.5 Å². The Bertz CT molecular complexity index is 715. The van der Waals surface area contributed by atoms with Crippen LogP contribution in [0.15, 0.2) is 60.7 Å². The Kier molecular flexibility index (Phi) is 11.7. The van der Waals surface area contributed by atoms with Gasteiger partial charge >= 0.3 is 0 Å². The maximum Gasteiger partial charge on any atom is 0.261 e. The fourth-order valence-corrected chi connectivity index (χ4v) is 3.23. The lowest BCUT2D eigenvalue weighted by molar-refractivity contribution is -0.128. The van der Waals surface area contributed by atoms with Crippen molar-refractivity contribution in [2.45, 2.75) is 64.6 Å². The third kappa shape index (κ3) is 9.41. The summed E-state index contributed by atoms with van der Waals surface area (Å²) in [5.74, 6) is 1.26. The minimum Gasteiger partial charge on any atom is -0.481 e. The number of nitrogens with one attached hydrogen (secondary N) is 2. The Balaban J connectivity index is 1.54. The van der Waals surface area contributed by atoms with Gasteiger partial charge in [-0.2, -0.15) is 0 Å². The summed E-state index contributed by atoms with van der Waals surface area (Å²) in [7, 11) is 0. The molecule has 0 aliphatic carbocycles. The summed E-state index contributed by atoms with van der Waals surface area (Å²) in [6, 6.07) is 18.8. The molecule has 2 aromatic carbocycles. The zero-order valence-electron chi connectivity index (χ0n) is 19.2. The highest BCUT2D eigenvalue weighted by molar-refractivity contribution is 5.81. The van der Waals surface area contributed by atoms with Crippen LogP contribution in [0.5, 0.6) is 11.5 Å². The zero-order valence-corrected chi connectivity index (χ0v) is 19.2. The average molecular weight is 441 g/mol. The predicted molar refractivity (Wildman–Crippen MR) is 127 cm³/mol. The summed E-state index contributed by atoms with van der Waals surface area (Å²) in [5, 5.41) is 5.92. The molecule has 0 unspecified atom stereocenters. The van der Waals surface area contributed by atoms with Crippen LogP contribution >= 0.6 is 0 Å². The Hall–Kier alpha value is -3.02. The van der Waals surface area contributed by atoms with E-state index in [1.807, 2.05) is 74.5 Å². The summed E-state index contributed by atoms with van der Waals surface area (Å²) in [5.41, 5.74) is 0. The normalized spacial score (nSPS) is 12.4. The van der Waals surface area contributed by atoms with Crippen LogP contribution in [0.4, 0.5) is 0 Å². The largest absolute Gasteiger partial charge is 0.481 e. The summed E-state index contributed by atoms with van der Waals surface area (Å²) in [6.07, 6.45) is 4.07. The summed E-state index contributed by atoms with van der Waals surface area (Å²) < 4.78 is 11.5. The van der Waals surface area contributed by atoms with Gasteiger partial charge in [-0.1, -0.05) is 63.1 Å². The SMILES string of the molecule is CC[C@H](Oc1ccccc1)C(=O)NCCCCCCNC(=O)[C@H](CC)Oc1ccccc1. The van der Waals surface area contributed by atoms with Crippen LogP contribution in [-0.4, -0.2) is 37.1 Å². The van der Waals surface area contributed by atoms with Gasteiger partial charge in [0, 0.05) is 13.1 Å². The van der Waals surface area contributed by atoms with E-state index in [-0.39, 0.29) is 11.8 Å². The van der Waals surface area contributed by atoms with Crippen molar-refractivity contribution >= 4 is 11.8 Å². The highest BCUT2D eigenvalue weighted by Gasteiger charge is 2.18. The van der Waals surface area contributed by atoms with Gasteiger partial charge in [0.25, 0.3) is 11.8 Å². The van der Waals surface area contributed by atoms with Crippen molar-refractivity contribution in [1.29, 1.82) is 0 Å². The number of rotatable bonds is 15. The quantitative estimate of drug-likeness (QED) is 0.400. The highest BCUT2D eigenvalue weighted by atomic mass is 16.5. The number of para-hydroxylation sites is 2. The lowest BCUT2D eigenvalue weighted by atomic mass is 10.2. The second-order valence-electron chi connectivity index (χ2n) is 7.65. The highest BCUT2D eigenvalue weighted by Crippen LogP contribution is 2.13. The molecule has 0 aliphatic heterocycles. The van der Waals surface area contributed by atoms with Crippen LogP contribution in [0.2, 0.25) is 0 Å². The molecule has 32 heavy (non-hydrogen) atoms. The first kappa shape index (κ1) is 25.2. The molecule has 0 spiro atoms. The molecule has 0 aromatic heterocycles. The van der Waals surface area contributed by atoms with Crippen LogP contribution in [0.3, 0.4) is 0 Å². The fourth-order valence-electron chi connectivity index (χ4n) is 3.23. The first-order chi connectivity index (χ1) is 15.6. The van der Waals surface area contributed by atoms with Gasteiger partial charge in [-0.15, -0.1) is 0 Å². The second-order valence-corrected chi connectivity index (χ2v) is 7.65. The molecule has 0 saturated heterocycles. The second kappa shape index (κ2) is 14.9. The molecule has 6 heteroatoms. The van der Waals surface area contributed by atoms with Crippen molar-refractivity contribution in [1.82, 2.24) is 10.6 Å². The molecule has 0 heterocycles. The molecule has 174 valence electrons.